The normalized spacial score (nSPS) is 11.4. The molecular formula is C27H15N7O11. The van der Waals surface area contributed by atoms with Crippen LogP contribution in [0.5, 0.6) is 11.5 Å². The number of aromatic hydroxyl groups is 2. The summed E-state index contributed by atoms with van der Waals surface area (Å²) in [5.41, 5.74) is -1.42. The highest BCUT2D eigenvalue weighted by Gasteiger charge is 2.24. The number of phenolic OH excluding ortho intramolecular Hbond substituents is 2. The van der Waals surface area contributed by atoms with E-state index in [0.717, 1.165) is 24.6 Å². The minimum Gasteiger partial charge on any atom is -0.502 e. The minimum atomic E-state index is -0.947. The van der Waals surface area contributed by atoms with Gasteiger partial charge in [-0.1, -0.05) is 0 Å². The van der Waals surface area contributed by atoms with Crippen LogP contribution in [0, 0.1) is 40.5 Å². The van der Waals surface area contributed by atoms with Gasteiger partial charge in [0.2, 0.25) is 17.4 Å². The Hall–Kier alpha value is -7.11. The number of nitro benzene ring substituents is 4. The van der Waals surface area contributed by atoms with Gasteiger partial charge >= 0.3 is 11.4 Å². The maximum absolute atomic E-state index is 11.2. The fourth-order valence-corrected chi connectivity index (χ4v) is 4.04. The topological polar surface area (TPSA) is 264 Å². The molecule has 1 heterocycles. The molecule has 1 aromatic heterocycles. The van der Waals surface area contributed by atoms with Gasteiger partial charge < -0.3 is 14.6 Å². The first kappa shape index (κ1) is 29.4. The van der Waals surface area contributed by atoms with Crippen molar-refractivity contribution in [2.45, 2.75) is 0 Å². The Balaban J connectivity index is 1.38. The molecule has 0 saturated heterocycles. The highest BCUT2D eigenvalue weighted by Crippen LogP contribution is 2.35. The van der Waals surface area contributed by atoms with Crippen LogP contribution in [-0.4, -0.2) is 47.3 Å². The highest BCUT2D eigenvalue weighted by atomic mass is 16.6. The third kappa shape index (κ3) is 6.09. The molecular weight excluding hydrogens is 598 g/mol. The summed E-state index contributed by atoms with van der Waals surface area (Å²) < 4.78 is 5.78. The Kier molecular flexibility index (Phi) is 7.60. The number of phenols is 2. The maximum atomic E-state index is 11.2. The summed E-state index contributed by atoms with van der Waals surface area (Å²) in [5, 5.41) is 64.9. The number of non-ortho nitro benzene ring substituents is 2. The van der Waals surface area contributed by atoms with Gasteiger partial charge in [0, 0.05) is 41.3 Å². The van der Waals surface area contributed by atoms with Crippen molar-refractivity contribution in [2.75, 3.05) is 0 Å². The van der Waals surface area contributed by atoms with Crippen LogP contribution in [0.1, 0.15) is 11.1 Å². The number of rotatable bonds is 9. The van der Waals surface area contributed by atoms with Gasteiger partial charge in [0.05, 0.1) is 43.2 Å². The number of benzene rings is 4. The van der Waals surface area contributed by atoms with E-state index in [1.54, 1.807) is 30.3 Å². The molecule has 0 aliphatic heterocycles. The predicted octanol–water partition coefficient (Wildman–Crippen LogP) is 6.04. The third-order valence-electron chi connectivity index (χ3n) is 6.21. The van der Waals surface area contributed by atoms with Crippen LogP contribution in [0.3, 0.4) is 0 Å². The van der Waals surface area contributed by atoms with E-state index >= 15 is 0 Å². The van der Waals surface area contributed by atoms with E-state index in [4.69, 9.17) is 4.42 Å². The molecule has 4 aromatic carbocycles. The summed E-state index contributed by atoms with van der Waals surface area (Å²) in [6, 6.07) is 14.1. The maximum Gasteiger partial charge on any atom is 0.318 e. The number of nitro groups is 4. The van der Waals surface area contributed by atoms with E-state index in [1.165, 1.54) is 12.1 Å². The molecule has 0 aliphatic carbocycles. The number of aromatic nitrogens is 1. The lowest BCUT2D eigenvalue weighted by atomic mass is 10.1. The Morgan fingerprint density at radius 2 is 1.13 bits per heavy atom. The second-order valence-electron chi connectivity index (χ2n) is 9.07. The van der Waals surface area contributed by atoms with Crippen molar-refractivity contribution in [1.29, 1.82) is 0 Å². The molecule has 2 N–H and O–H groups in total. The molecule has 0 saturated carbocycles. The van der Waals surface area contributed by atoms with E-state index in [9.17, 15) is 50.7 Å². The van der Waals surface area contributed by atoms with Crippen molar-refractivity contribution < 1.29 is 34.3 Å². The molecule has 0 aliphatic rings. The second kappa shape index (κ2) is 11.6. The SMILES string of the molecule is O=[N+]([O-])c1cc(C=Nc2ccc(-c3nc4cc(N=Cc5cc([N+](=O)[O-])cc([N+](=O)[O-])c5O)ccc4o3)cc2)c(O)c([N+](=O)[O-])c1. The average molecular weight is 613 g/mol. The smallest absolute Gasteiger partial charge is 0.318 e. The van der Waals surface area contributed by atoms with Gasteiger partial charge in [-0.3, -0.25) is 50.4 Å². The van der Waals surface area contributed by atoms with Crippen molar-refractivity contribution >= 4 is 57.7 Å². The van der Waals surface area contributed by atoms with Crippen molar-refractivity contribution in [2.24, 2.45) is 9.98 Å². The molecule has 0 fully saturated rings. The Bertz CT molecular complexity index is 2100. The number of oxazole rings is 1. The molecule has 18 heteroatoms. The number of nitrogens with zero attached hydrogens (tertiary/aromatic N) is 7. The van der Waals surface area contributed by atoms with Crippen LogP contribution in [0.25, 0.3) is 22.6 Å². The van der Waals surface area contributed by atoms with Crippen LogP contribution in [-0.2, 0) is 0 Å². The molecule has 0 atom stereocenters. The fraction of sp³-hybridized carbons (Fsp3) is 0. The van der Waals surface area contributed by atoms with E-state index in [1.807, 2.05) is 0 Å². The molecule has 0 amide bonds. The van der Waals surface area contributed by atoms with E-state index in [0.29, 0.717) is 40.2 Å². The zero-order valence-electron chi connectivity index (χ0n) is 22.2. The fourth-order valence-electron chi connectivity index (χ4n) is 4.04. The van der Waals surface area contributed by atoms with Crippen molar-refractivity contribution in [3.05, 3.63) is 118 Å². The van der Waals surface area contributed by atoms with E-state index < -0.39 is 53.9 Å². The highest BCUT2D eigenvalue weighted by molar-refractivity contribution is 5.90. The van der Waals surface area contributed by atoms with Crippen LogP contribution in [0.15, 0.2) is 81.1 Å². The summed E-state index contributed by atoms with van der Waals surface area (Å²) in [7, 11) is 0. The first-order valence-electron chi connectivity index (χ1n) is 12.3. The summed E-state index contributed by atoms with van der Waals surface area (Å²) in [6.07, 6.45) is 2.10. The zero-order valence-corrected chi connectivity index (χ0v) is 22.2. The lowest BCUT2D eigenvalue weighted by Gasteiger charge is -2.01. The van der Waals surface area contributed by atoms with Gasteiger partial charge in [-0.25, -0.2) is 4.98 Å². The molecule has 45 heavy (non-hydrogen) atoms. The quantitative estimate of drug-likeness (QED) is 0.109. The van der Waals surface area contributed by atoms with Crippen LogP contribution in [0.2, 0.25) is 0 Å². The van der Waals surface area contributed by atoms with Gasteiger partial charge in [0.15, 0.2) is 5.58 Å². The molecule has 0 radical (unpaired) electrons. The molecule has 0 spiro atoms. The average Bonchev–Trinajstić information content (AvgIpc) is 3.43. The van der Waals surface area contributed by atoms with Gasteiger partial charge in [-0.15, -0.1) is 0 Å². The molecule has 0 bridgehead atoms. The summed E-state index contributed by atoms with van der Waals surface area (Å²) in [5.74, 6) is -1.35. The summed E-state index contributed by atoms with van der Waals surface area (Å²) in [6.45, 7) is 0. The van der Waals surface area contributed by atoms with Gasteiger partial charge in [0.1, 0.15) is 5.52 Å². The first-order valence-corrected chi connectivity index (χ1v) is 12.3. The van der Waals surface area contributed by atoms with Crippen LogP contribution in [0.4, 0.5) is 34.1 Å². The van der Waals surface area contributed by atoms with Crippen molar-refractivity contribution in [3.63, 3.8) is 0 Å². The van der Waals surface area contributed by atoms with E-state index in [-0.39, 0.29) is 17.0 Å². The van der Waals surface area contributed by atoms with Crippen LogP contribution < -0.4 is 0 Å². The monoisotopic (exact) mass is 613 g/mol. The predicted molar refractivity (Wildman–Crippen MR) is 157 cm³/mol. The molecule has 18 nitrogen and oxygen atoms in total. The largest absolute Gasteiger partial charge is 0.502 e. The Labute approximate surface area is 248 Å². The van der Waals surface area contributed by atoms with E-state index in [2.05, 4.69) is 15.0 Å². The lowest BCUT2D eigenvalue weighted by Crippen LogP contribution is -1.96. The summed E-state index contributed by atoms with van der Waals surface area (Å²) in [4.78, 5) is 53.7. The lowest BCUT2D eigenvalue weighted by molar-refractivity contribution is -0.395. The van der Waals surface area contributed by atoms with Crippen LogP contribution >= 0.6 is 0 Å². The number of hydrogen-bond acceptors (Lipinski definition) is 14. The van der Waals surface area contributed by atoms with Gasteiger partial charge in [-0.2, -0.15) is 0 Å². The van der Waals surface area contributed by atoms with Crippen molar-refractivity contribution in [3.8, 4) is 23.0 Å². The second-order valence-corrected chi connectivity index (χ2v) is 9.07. The Morgan fingerprint density at radius 1 is 0.644 bits per heavy atom. The molecule has 5 aromatic rings. The number of fused-ring (bicyclic) bond motifs is 1. The molecule has 0 unspecified atom stereocenters. The molecule has 224 valence electrons. The third-order valence-corrected chi connectivity index (χ3v) is 6.21. The minimum absolute atomic E-state index is 0.209. The standard InChI is InChI=1S/C27H15N7O11/c35-25-15(7-19(31(37)38)10-22(25)33(41)42)12-28-17-3-1-14(2-4-17)27-30-21-9-18(5-6-24(21)45-27)29-13-16-8-20(32(39)40)11-23(26(16)36)34(43)44/h1-13,35-36H. The van der Waals surface area contributed by atoms with Crippen molar-refractivity contribution in [1.82, 2.24) is 4.98 Å². The van der Waals surface area contributed by atoms with Gasteiger partial charge in [0.25, 0.3) is 11.4 Å². The summed E-state index contributed by atoms with van der Waals surface area (Å²) >= 11 is 0. The number of aliphatic imine (C=N–C) groups is 2. The number of hydrogen-bond donors (Lipinski definition) is 2. The Morgan fingerprint density at radius 3 is 1.62 bits per heavy atom. The van der Waals surface area contributed by atoms with Gasteiger partial charge in [-0.05, 0) is 42.5 Å². The molecule has 5 rings (SSSR count). The first-order chi connectivity index (χ1) is 21.4. The zero-order chi connectivity index (χ0) is 32.4.